The molecule has 1 aromatic carbocycles. The van der Waals surface area contributed by atoms with Crippen molar-refractivity contribution in [2.75, 3.05) is 30.6 Å². The molecule has 36 heavy (non-hydrogen) atoms. The van der Waals surface area contributed by atoms with Gasteiger partial charge < -0.3 is 31.5 Å². The molecule has 2 rings (SSSR count). The first kappa shape index (κ1) is 29.8. The minimum absolute atomic E-state index is 0.0192. The van der Waals surface area contributed by atoms with Crippen LogP contribution in [0, 0.1) is 0 Å². The number of phenols is 1. The number of phenolic OH excluding ortho intramolecular Hbond substituents is 1. The largest absolute Gasteiger partial charge is 0.508 e. The number of hydrogen-bond acceptors (Lipinski definition) is 8. The Labute approximate surface area is 220 Å². The zero-order valence-electron chi connectivity index (χ0n) is 20.6. The summed E-state index contributed by atoms with van der Waals surface area (Å²) in [6.45, 7) is 0.756. The normalized spacial score (nSPS) is 17.6. The van der Waals surface area contributed by atoms with Crippen LogP contribution in [0.1, 0.15) is 31.2 Å². The van der Waals surface area contributed by atoms with Crippen LogP contribution in [-0.4, -0.2) is 88.6 Å². The number of carboxylic acid groups (broad SMARTS) is 1. The Morgan fingerprint density at radius 2 is 1.50 bits per heavy atom. The fourth-order valence-electron chi connectivity index (χ4n) is 3.80. The van der Waals surface area contributed by atoms with Crippen LogP contribution in [0.3, 0.4) is 0 Å². The molecule has 1 fully saturated rings. The van der Waals surface area contributed by atoms with E-state index in [2.05, 4.69) is 21.3 Å². The molecule has 0 spiro atoms. The number of thioether (sulfide) groups is 2. The van der Waals surface area contributed by atoms with Crippen molar-refractivity contribution in [2.45, 2.75) is 56.3 Å². The van der Waals surface area contributed by atoms with Crippen molar-refractivity contribution >= 4 is 47.2 Å². The molecule has 0 aliphatic carbocycles. The monoisotopic (exact) mass is 540 g/mol. The van der Waals surface area contributed by atoms with Crippen LogP contribution in [0.25, 0.3) is 0 Å². The molecule has 4 unspecified atom stereocenters. The van der Waals surface area contributed by atoms with Gasteiger partial charge in [0.15, 0.2) is 0 Å². The van der Waals surface area contributed by atoms with Gasteiger partial charge in [0.25, 0.3) is 0 Å². The van der Waals surface area contributed by atoms with Crippen molar-refractivity contribution in [3.8, 4) is 5.75 Å². The van der Waals surface area contributed by atoms with Crippen LogP contribution < -0.4 is 21.3 Å². The summed E-state index contributed by atoms with van der Waals surface area (Å²) in [5.41, 5.74) is 0.630. The summed E-state index contributed by atoms with van der Waals surface area (Å²) in [5, 5.41) is 30.3. The number of rotatable bonds is 15. The first-order chi connectivity index (χ1) is 17.2. The van der Waals surface area contributed by atoms with Gasteiger partial charge >= 0.3 is 5.97 Å². The van der Waals surface area contributed by atoms with Crippen molar-refractivity contribution in [3.05, 3.63) is 29.8 Å². The summed E-state index contributed by atoms with van der Waals surface area (Å²) in [6.07, 6.45) is 6.11. The first-order valence-electron chi connectivity index (χ1n) is 11.9. The molecule has 1 aliphatic rings. The second kappa shape index (κ2) is 15.6. The number of nitrogens with one attached hydrogen (secondary N) is 4. The third-order valence-electron chi connectivity index (χ3n) is 5.85. The lowest BCUT2D eigenvalue weighted by Gasteiger charge is -2.25. The van der Waals surface area contributed by atoms with Gasteiger partial charge in [-0.2, -0.15) is 23.5 Å². The molecule has 0 radical (unpaired) electrons. The maximum atomic E-state index is 13.1. The predicted molar refractivity (Wildman–Crippen MR) is 142 cm³/mol. The van der Waals surface area contributed by atoms with E-state index in [-0.39, 0.29) is 24.1 Å². The molecular weight excluding hydrogens is 504 g/mol. The van der Waals surface area contributed by atoms with E-state index in [1.54, 1.807) is 23.9 Å². The van der Waals surface area contributed by atoms with Crippen molar-refractivity contribution in [1.82, 2.24) is 21.3 Å². The molecule has 1 aromatic rings. The van der Waals surface area contributed by atoms with Gasteiger partial charge in [-0.3, -0.25) is 14.4 Å². The lowest BCUT2D eigenvalue weighted by Crippen LogP contribution is -2.57. The number of carboxylic acids is 1. The van der Waals surface area contributed by atoms with Gasteiger partial charge in [-0.1, -0.05) is 12.1 Å². The van der Waals surface area contributed by atoms with E-state index < -0.39 is 35.9 Å². The van der Waals surface area contributed by atoms with E-state index >= 15 is 0 Å². The fraction of sp³-hybridized carbons (Fsp3) is 0.583. The molecule has 10 nitrogen and oxygen atoms in total. The van der Waals surface area contributed by atoms with Gasteiger partial charge in [0.1, 0.15) is 23.9 Å². The van der Waals surface area contributed by atoms with Crippen LogP contribution in [0.2, 0.25) is 0 Å². The zero-order chi connectivity index (χ0) is 26.5. The average molecular weight is 541 g/mol. The molecule has 1 aliphatic heterocycles. The van der Waals surface area contributed by atoms with Crippen molar-refractivity contribution in [3.63, 3.8) is 0 Å². The van der Waals surface area contributed by atoms with E-state index in [0.29, 0.717) is 36.3 Å². The molecule has 6 N–H and O–H groups in total. The van der Waals surface area contributed by atoms with Crippen molar-refractivity contribution in [2.24, 2.45) is 0 Å². The van der Waals surface area contributed by atoms with E-state index in [9.17, 15) is 29.4 Å². The summed E-state index contributed by atoms with van der Waals surface area (Å²) >= 11 is 3.05. The Bertz CT molecular complexity index is 880. The quantitative estimate of drug-likeness (QED) is 0.189. The zero-order valence-corrected chi connectivity index (χ0v) is 22.3. The molecule has 4 atom stereocenters. The second-order valence-corrected chi connectivity index (χ2v) is 10.6. The number of benzene rings is 1. The Balaban J connectivity index is 2.08. The van der Waals surface area contributed by atoms with Crippen LogP contribution in [0.5, 0.6) is 5.75 Å². The second-order valence-electron chi connectivity index (χ2n) is 8.60. The molecule has 0 saturated carbocycles. The minimum Gasteiger partial charge on any atom is -0.508 e. The van der Waals surface area contributed by atoms with Gasteiger partial charge in [-0.15, -0.1) is 0 Å². The highest BCUT2D eigenvalue weighted by Gasteiger charge is 2.31. The molecule has 1 saturated heterocycles. The maximum Gasteiger partial charge on any atom is 0.326 e. The van der Waals surface area contributed by atoms with Crippen molar-refractivity contribution < 1.29 is 29.4 Å². The van der Waals surface area contributed by atoms with Crippen LogP contribution in [-0.2, 0) is 25.6 Å². The lowest BCUT2D eigenvalue weighted by atomic mass is 10.0. The first-order valence-corrected chi connectivity index (χ1v) is 14.7. The predicted octanol–water partition coefficient (Wildman–Crippen LogP) is 0.732. The van der Waals surface area contributed by atoms with E-state index in [0.717, 1.165) is 13.0 Å². The third kappa shape index (κ3) is 9.90. The molecule has 200 valence electrons. The molecule has 1 heterocycles. The Morgan fingerprint density at radius 3 is 2.00 bits per heavy atom. The van der Waals surface area contributed by atoms with E-state index in [1.807, 2.05) is 12.5 Å². The number of carbonyl (C=O) groups excluding carboxylic acids is 3. The Morgan fingerprint density at radius 1 is 0.944 bits per heavy atom. The molecule has 0 bridgehead atoms. The SMILES string of the molecule is CSCCC(NC(=O)C(CCSC)NC(=O)C1CCCN1)C(=O)NC(Cc1ccc(O)cc1)C(=O)O. The van der Waals surface area contributed by atoms with E-state index in [4.69, 9.17) is 0 Å². The molecule has 12 heteroatoms. The Kier molecular flexibility index (Phi) is 12.9. The van der Waals surface area contributed by atoms with Gasteiger partial charge in [0.2, 0.25) is 17.7 Å². The number of carbonyl (C=O) groups is 4. The number of aliphatic carboxylic acids is 1. The standard InChI is InChI=1S/C24H36N4O6S2/c1-35-12-9-18(26-21(30)17-4-3-11-25-17)22(31)27-19(10-13-36-2)23(32)28-20(24(33)34)14-15-5-7-16(29)8-6-15/h5-8,17-20,25,29H,3-4,9-14H2,1-2H3,(H,26,30)(H,27,31)(H,28,32)(H,33,34). The van der Waals surface area contributed by atoms with Gasteiger partial charge in [-0.25, -0.2) is 4.79 Å². The summed E-state index contributed by atoms with van der Waals surface area (Å²) in [4.78, 5) is 50.6. The van der Waals surface area contributed by atoms with Gasteiger partial charge in [0, 0.05) is 6.42 Å². The van der Waals surface area contributed by atoms with Gasteiger partial charge in [-0.05, 0) is 73.9 Å². The topological polar surface area (TPSA) is 157 Å². The summed E-state index contributed by atoms with van der Waals surface area (Å²) in [5.74, 6) is -1.24. The maximum absolute atomic E-state index is 13.1. The molecule has 3 amide bonds. The number of amides is 3. The average Bonchev–Trinajstić information content (AvgIpc) is 3.40. The number of aromatic hydroxyl groups is 1. The fourth-order valence-corrected chi connectivity index (χ4v) is 4.74. The number of hydrogen-bond donors (Lipinski definition) is 6. The molecule has 0 aromatic heterocycles. The van der Waals surface area contributed by atoms with Gasteiger partial charge in [0.05, 0.1) is 6.04 Å². The summed E-state index contributed by atoms with van der Waals surface area (Å²) in [7, 11) is 0. The Hall–Kier alpha value is -2.44. The molecular formula is C24H36N4O6S2. The highest BCUT2D eigenvalue weighted by Crippen LogP contribution is 2.12. The van der Waals surface area contributed by atoms with Crippen LogP contribution in [0.15, 0.2) is 24.3 Å². The smallest absolute Gasteiger partial charge is 0.326 e. The summed E-state index contributed by atoms with van der Waals surface area (Å²) in [6, 6.07) is 2.76. The minimum atomic E-state index is -1.21. The highest BCUT2D eigenvalue weighted by molar-refractivity contribution is 7.98. The van der Waals surface area contributed by atoms with Crippen LogP contribution >= 0.6 is 23.5 Å². The lowest BCUT2D eigenvalue weighted by molar-refractivity contribution is -0.142. The van der Waals surface area contributed by atoms with E-state index in [1.165, 1.54) is 23.9 Å². The van der Waals surface area contributed by atoms with Crippen LogP contribution in [0.4, 0.5) is 0 Å². The highest BCUT2D eigenvalue weighted by atomic mass is 32.2. The third-order valence-corrected chi connectivity index (χ3v) is 7.14. The van der Waals surface area contributed by atoms with Crippen molar-refractivity contribution in [1.29, 1.82) is 0 Å². The summed E-state index contributed by atoms with van der Waals surface area (Å²) < 4.78 is 0.